The standard InChI is InChI=1S/C22H25N7O2/c1-29-19(26-27-28-29)17-10-7-11-18(14-17)24-20(30)22(12-5-6-13-22)25-21(31)23-15-16-8-3-2-4-9-16/h2-4,7-11,14H,5-6,12-13,15H2,1H3,(H,24,30)(H2,23,25,31). The minimum absolute atomic E-state index is 0.215. The summed E-state index contributed by atoms with van der Waals surface area (Å²) in [6.07, 6.45) is 2.98. The van der Waals surface area contributed by atoms with E-state index in [0.717, 1.165) is 24.0 Å². The van der Waals surface area contributed by atoms with E-state index in [1.807, 2.05) is 54.6 Å². The number of nitrogens with one attached hydrogen (secondary N) is 3. The average Bonchev–Trinajstić information content (AvgIpc) is 3.43. The maximum absolute atomic E-state index is 13.2. The van der Waals surface area contributed by atoms with Crippen LogP contribution in [0.2, 0.25) is 0 Å². The lowest BCUT2D eigenvalue weighted by molar-refractivity contribution is -0.121. The van der Waals surface area contributed by atoms with Crippen molar-refractivity contribution in [2.45, 2.75) is 37.8 Å². The number of aryl methyl sites for hydroxylation is 1. The van der Waals surface area contributed by atoms with Crippen molar-refractivity contribution >= 4 is 17.6 Å². The number of rotatable bonds is 6. The predicted molar refractivity (Wildman–Crippen MR) is 116 cm³/mol. The Bertz CT molecular complexity index is 1060. The zero-order valence-electron chi connectivity index (χ0n) is 17.3. The number of amides is 3. The summed E-state index contributed by atoms with van der Waals surface area (Å²) in [5, 5.41) is 20.3. The molecule has 2 aromatic carbocycles. The van der Waals surface area contributed by atoms with Gasteiger partial charge >= 0.3 is 6.03 Å². The maximum Gasteiger partial charge on any atom is 0.315 e. The minimum Gasteiger partial charge on any atom is -0.334 e. The Morgan fingerprint density at radius 3 is 2.55 bits per heavy atom. The van der Waals surface area contributed by atoms with Crippen molar-refractivity contribution in [3.63, 3.8) is 0 Å². The van der Waals surface area contributed by atoms with E-state index in [4.69, 9.17) is 0 Å². The molecule has 31 heavy (non-hydrogen) atoms. The molecule has 9 heteroatoms. The number of aromatic nitrogens is 4. The van der Waals surface area contributed by atoms with E-state index in [1.54, 1.807) is 11.7 Å². The van der Waals surface area contributed by atoms with E-state index in [9.17, 15) is 9.59 Å². The quantitative estimate of drug-likeness (QED) is 0.568. The van der Waals surface area contributed by atoms with Crippen molar-refractivity contribution in [2.24, 2.45) is 7.05 Å². The molecule has 9 nitrogen and oxygen atoms in total. The van der Waals surface area contributed by atoms with Crippen LogP contribution in [-0.2, 0) is 18.4 Å². The Hall–Kier alpha value is -3.75. The molecule has 3 aromatic rings. The summed E-state index contributed by atoms with van der Waals surface area (Å²) in [7, 11) is 1.76. The Morgan fingerprint density at radius 2 is 1.84 bits per heavy atom. The first-order chi connectivity index (χ1) is 15.1. The summed E-state index contributed by atoms with van der Waals surface area (Å²) in [4.78, 5) is 25.8. The fourth-order valence-electron chi connectivity index (χ4n) is 3.89. The lowest BCUT2D eigenvalue weighted by Gasteiger charge is -2.29. The van der Waals surface area contributed by atoms with Crippen LogP contribution < -0.4 is 16.0 Å². The fraction of sp³-hybridized carbons (Fsp3) is 0.318. The number of urea groups is 1. The van der Waals surface area contributed by atoms with E-state index in [2.05, 4.69) is 31.5 Å². The van der Waals surface area contributed by atoms with Gasteiger partial charge in [0.15, 0.2) is 5.82 Å². The highest BCUT2D eigenvalue weighted by Crippen LogP contribution is 2.31. The number of hydrogen-bond donors (Lipinski definition) is 3. The fourth-order valence-corrected chi connectivity index (χ4v) is 3.89. The molecule has 3 amide bonds. The number of benzene rings is 2. The van der Waals surface area contributed by atoms with Gasteiger partial charge in [-0.3, -0.25) is 4.79 Å². The Balaban J connectivity index is 1.44. The van der Waals surface area contributed by atoms with Crippen molar-refractivity contribution in [3.8, 4) is 11.4 Å². The Labute approximate surface area is 180 Å². The van der Waals surface area contributed by atoms with Gasteiger partial charge in [0.05, 0.1) is 0 Å². The highest BCUT2D eigenvalue weighted by molar-refractivity contribution is 6.00. The predicted octanol–water partition coefficient (Wildman–Crippen LogP) is 2.63. The number of carbonyl (C=O) groups excluding carboxylic acids is 2. The van der Waals surface area contributed by atoms with Gasteiger partial charge in [0.2, 0.25) is 5.91 Å². The maximum atomic E-state index is 13.2. The third kappa shape index (κ3) is 4.71. The first-order valence-corrected chi connectivity index (χ1v) is 10.3. The second-order valence-corrected chi connectivity index (χ2v) is 7.74. The molecule has 0 saturated heterocycles. The van der Waals surface area contributed by atoms with Crippen LogP contribution in [0.1, 0.15) is 31.2 Å². The summed E-state index contributed by atoms with van der Waals surface area (Å²) in [5.41, 5.74) is 1.49. The molecule has 1 heterocycles. The zero-order valence-corrected chi connectivity index (χ0v) is 17.3. The van der Waals surface area contributed by atoms with Crippen molar-refractivity contribution in [2.75, 3.05) is 5.32 Å². The summed E-state index contributed by atoms with van der Waals surface area (Å²) in [6, 6.07) is 16.7. The Morgan fingerprint density at radius 1 is 1.06 bits per heavy atom. The highest BCUT2D eigenvalue weighted by atomic mass is 16.2. The van der Waals surface area contributed by atoms with Crippen molar-refractivity contribution in [1.82, 2.24) is 30.8 Å². The number of tetrazole rings is 1. The molecule has 0 spiro atoms. The van der Waals surface area contributed by atoms with E-state index >= 15 is 0 Å². The molecule has 1 fully saturated rings. The normalized spacial score (nSPS) is 14.7. The van der Waals surface area contributed by atoms with Crippen molar-refractivity contribution < 1.29 is 9.59 Å². The molecule has 1 aliphatic rings. The molecule has 1 aliphatic carbocycles. The molecule has 0 aliphatic heterocycles. The van der Waals surface area contributed by atoms with Gasteiger partial charge in [0.25, 0.3) is 0 Å². The van der Waals surface area contributed by atoms with Crippen LogP contribution in [0.3, 0.4) is 0 Å². The molecule has 160 valence electrons. The third-order valence-corrected chi connectivity index (χ3v) is 5.54. The van der Waals surface area contributed by atoms with E-state index < -0.39 is 5.54 Å². The molecule has 1 aromatic heterocycles. The second kappa shape index (κ2) is 8.95. The molecular formula is C22H25N7O2. The topological polar surface area (TPSA) is 114 Å². The number of carbonyl (C=O) groups is 2. The molecule has 1 saturated carbocycles. The molecule has 0 atom stereocenters. The number of hydrogen-bond acceptors (Lipinski definition) is 5. The largest absolute Gasteiger partial charge is 0.334 e. The smallest absolute Gasteiger partial charge is 0.315 e. The third-order valence-electron chi connectivity index (χ3n) is 5.54. The lowest BCUT2D eigenvalue weighted by Crippen LogP contribution is -2.57. The Kier molecular flexibility index (Phi) is 5.92. The van der Waals surface area contributed by atoms with Crippen LogP contribution in [0.25, 0.3) is 11.4 Å². The van der Waals surface area contributed by atoms with E-state index in [0.29, 0.717) is 30.9 Å². The van der Waals surface area contributed by atoms with Crippen LogP contribution >= 0.6 is 0 Å². The van der Waals surface area contributed by atoms with Gasteiger partial charge in [-0.15, -0.1) is 5.10 Å². The average molecular weight is 419 g/mol. The number of nitrogens with zero attached hydrogens (tertiary/aromatic N) is 4. The van der Waals surface area contributed by atoms with Crippen molar-refractivity contribution in [3.05, 3.63) is 60.2 Å². The molecule has 0 bridgehead atoms. The number of anilines is 1. The van der Waals surface area contributed by atoms with Crippen LogP contribution in [0.15, 0.2) is 54.6 Å². The summed E-state index contributed by atoms with van der Waals surface area (Å²) >= 11 is 0. The van der Waals surface area contributed by atoms with Crippen molar-refractivity contribution in [1.29, 1.82) is 0 Å². The SMILES string of the molecule is Cn1nnnc1-c1cccc(NC(=O)C2(NC(=O)NCc3ccccc3)CCCC2)c1. The lowest BCUT2D eigenvalue weighted by atomic mass is 9.96. The monoisotopic (exact) mass is 419 g/mol. The van der Waals surface area contributed by atoms with E-state index in [-0.39, 0.29) is 11.9 Å². The van der Waals surface area contributed by atoms with Gasteiger partial charge in [-0.2, -0.15) is 0 Å². The highest BCUT2D eigenvalue weighted by Gasteiger charge is 2.42. The zero-order chi connectivity index (χ0) is 21.7. The van der Waals surface area contributed by atoms with Gasteiger partial charge in [0, 0.05) is 24.8 Å². The van der Waals surface area contributed by atoms with Gasteiger partial charge in [-0.05, 0) is 41.0 Å². The van der Waals surface area contributed by atoms with Gasteiger partial charge in [-0.1, -0.05) is 55.3 Å². The summed E-state index contributed by atoms with van der Waals surface area (Å²) in [6.45, 7) is 0.401. The second-order valence-electron chi connectivity index (χ2n) is 7.74. The van der Waals surface area contributed by atoms with Crippen LogP contribution in [-0.4, -0.2) is 37.7 Å². The molecule has 0 radical (unpaired) electrons. The summed E-state index contributed by atoms with van der Waals surface area (Å²) in [5.74, 6) is 0.387. The first-order valence-electron chi connectivity index (χ1n) is 10.3. The molecular weight excluding hydrogens is 394 g/mol. The minimum atomic E-state index is -0.927. The van der Waals surface area contributed by atoms with Gasteiger partial charge in [-0.25, -0.2) is 9.48 Å². The molecule has 4 rings (SSSR count). The van der Waals surface area contributed by atoms with Gasteiger partial charge < -0.3 is 16.0 Å². The van der Waals surface area contributed by atoms with Crippen LogP contribution in [0, 0.1) is 0 Å². The first kappa shape index (κ1) is 20.5. The summed E-state index contributed by atoms with van der Waals surface area (Å²) < 4.78 is 1.57. The molecule has 0 unspecified atom stereocenters. The molecule has 3 N–H and O–H groups in total. The van der Waals surface area contributed by atoms with E-state index in [1.165, 1.54) is 0 Å². The van der Waals surface area contributed by atoms with Crippen LogP contribution in [0.5, 0.6) is 0 Å². The van der Waals surface area contributed by atoms with Crippen LogP contribution in [0.4, 0.5) is 10.5 Å². The van der Waals surface area contributed by atoms with Gasteiger partial charge in [0.1, 0.15) is 5.54 Å².